The molecule has 2 aliphatic carbocycles. The molecule has 2 aliphatic rings. The molecule has 16 heavy (non-hydrogen) atoms. The van der Waals surface area contributed by atoms with Crippen LogP contribution in [0.4, 0.5) is 0 Å². The zero-order valence-electron chi connectivity index (χ0n) is 11.4. The summed E-state index contributed by atoms with van der Waals surface area (Å²) in [6, 6.07) is 0.894. The summed E-state index contributed by atoms with van der Waals surface area (Å²) in [5.74, 6) is 1.99. The van der Waals surface area contributed by atoms with E-state index >= 15 is 0 Å². The smallest absolute Gasteiger partial charge is 0.00682 e. The third kappa shape index (κ3) is 3.76. The van der Waals surface area contributed by atoms with Crippen LogP contribution in [0.1, 0.15) is 65.7 Å². The van der Waals surface area contributed by atoms with Crippen LogP contribution in [0.25, 0.3) is 0 Å². The molecule has 0 heterocycles. The number of nitrogens with one attached hydrogen (secondary N) is 1. The van der Waals surface area contributed by atoms with Crippen molar-refractivity contribution in [1.29, 1.82) is 0 Å². The summed E-state index contributed by atoms with van der Waals surface area (Å²) in [6.07, 6.45) is 10.2. The van der Waals surface area contributed by atoms with Crippen LogP contribution in [-0.4, -0.2) is 12.6 Å². The van der Waals surface area contributed by atoms with E-state index in [0.29, 0.717) is 5.41 Å². The first-order valence-corrected chi connectivity index (χ1v) is 7.29. The van der Waals surface area contributed by atoms with E-state index in [2.05, 4.69) is 26.1 Å². The normalized spacial score (nSPS) is 31.7. The van der Waals surface area contributed by atoms with Crippen molar-refractivity contribution in [3.05, 3.63) is 0 Å². The minimum absolute atomic E-state index is 0.539. The highest BCUT2D eigenvalue weighted by atomic mass is 14.9. The van der Waals surface area contributed by atoms with Gasteiger partial charge in [0.05, 0.1) is 0 Å². The first-order chi connectivity index (χ1) is 7.55. The SMILES string of the molecule is CC(C)(C)C1CCC(CCNC2CC2)CC1. The Bertz CT molecular complexity index is 204. The summed E-state index contributed by atoms with van der Waals surface area (Å²) >= 11 is 0. The van der Waals surface area contributed by atoms with Crippen molar-refractivity contribution >= 4 is 0 Å². The lowest BCUT2D eigenvalue weighted by atomic mass is 9.69. The highest BCUT2D eigenvalue weighted by molar-refractivity contribution is 4.83. The van der Waals surface area contributed by atoms with Gasteiger partial charge in [0.1, 0.15) is 0 Å². The van der Waals surface area contributed by atoms with E-state index in [1.54, 1.807) is 0 Å². The van der Waals surface area contributed by atoms with Crippen molar-refractivity contribution in [2.75, 3.05) is 6.54 Å². The predicted octanol–water partition coefficient (Wildman–Crippen LogP) is 3.98. The van der Waals surface area contributed by atoms with E-state index in [1.165, 1.54) is 51.5 Å². The molecule has 0 aromatic carbocycles. The summed E-state index contributed by atoms with van der Waals surface area (Å²) in [4.78, 5) is 0. The van der Waals surface area contributed by atoms with Crippen LogP contribution < -0.4 is 5.32 Å². The van der Waals surface area contributed by atoms with Crippen molar-refractivity contribution in [1.82, 2.24) is 5.32 Å². The fourth-order valence-electron chi connectivity index (χ4n) is 3.10. The molecular formula is C15H29N. The Morgan fingerprint density at radius 1 is 0.938 bits per heavy atom. The number of hydrogen-bond donors (Lipinski definition) is 1. The number of hydrogen-bond acceptors (Lipinski definition) is 1. The van der Waals surface area contributed by atoms with Crippen molar-refractivity contribution in [2.24, 2.45) is 17.3 Å². The molecule has 0 aliphatic heterocycles. The summed E-state index contributed by atoms with van der Waals surface area (Å²) in [5.41, 5.74) is 0.539. The van der Waals surface area contributed by atoms with E-state index in [9.17, 15) is 0 Å². The van der Waals surface area contributed by atoms with Gasteiger partial charge in [0.2, 0.25) is 0 Å². The van der Waals surface area contributed by atoms with Gasteiger partial charge in [-0.05, 0) is 55.9 Å². The maximum atomic E-state index is 3.65. The van der Waals surface area contributed by atoms with Gasteiger partial charge in [-0.1, -0.05) is 33.6 Å². The average molecular weight is 223 g/mol. The molecule has 0 bridgehead atoms. The highest BCUT2D eigenvalue weighted by Gasteiger charge is 2.29. The zero-order valence-corrected chi connectivity index (χ0v) is 11.4. The van der Waals surface area contributed by atoms with Gasteiger partial charge in [0.15, 0.2) is 0 Å². The van der Waals surface area contributed by atoms with Crippen LogP contribution in [0.15, 0.2) is 0 Å². The molecule has 1 N–H and O–H groups in total. The molecule has 2 rings (SSSR count). The van der Waals surface area contributed by atoms with Gasteiger partial charge in [-0.2, -0.15) is 0 Å². The maximum Gasteiger partial charge on any atom is 0.00682 e. The Labute approximate surface area is 101 Å². The summed E-state index contributed by atoms with van der Waals surface area (Å²) in [6.45, 7) is 8.50. The largest absolute Gasteiger partial charge is 0.314 e. The Morgan fingerprint density at radius 2 is 1.56 bits per heavy atom. The predicted molar refractivity (Wildman–Crippen MR) is 70.5 cm³/mol. The molecule has 0 radical (unpaired) electrons. The molecule has 0 saturated heterocycles. The van der Waals surface area contributed by atoms with Crippen LogP contribution in [-0.2, 0) is 0 Å². The monoisotopic (exact) mass is 223 g/mol. The fraction of sp³-hybridized carbons (Fsp3) is 1.00. The molecule has 0 unspecified atom stereocenters. The number of rotatable bonds is 4. The Kier molecular flexibility index (Phi) is 3.94. The third-order valence-corrected chi connectivity index (χ3v) is 4.63. The molecule has 1 heteroatoms. The van der Waals surface area contributed by atoms with Crippen molar-refractivity contribution in [3.8, 4) is 0 Å². The molecule has 1 nitrogen and oxygen atoms in total. The second-order valence-electron chi connectivity index (χ2n) is 7.10. The molecule has 2 saturated carbocycles. The first kappa shape index (κ1) is 12.4. The van der Waals surface area contributed by atoms with Crippen LogP contribution in [0.2, 0.25) is 0 Å². The zero-order chi connectivity index (χ0) is 11.6. The summed E-state index contributed by atoms with van der Waals surface area (Å²) in [5, 5.41) is 3.65. The Morgan fingerprint density at radius 3 is 2.06 bits per heavy atom. The Hall–Kier alpha value is -0.0400. The lowest BCUT2D eigenvalue weighted by molar-refractivity contribution is 0.146. The molecule has 2 fully saturated rings. The van der Waals surface area contributed by atoms with Gasteiger partial charge in [0, 0.05) is 6.04 Å². The molecule has 0 spiro atoms. The molecule has 0 atom stereocenters. The van der Waals surface area contributed by atoms with Gasteiger partial charge in [-0.15, -0.1) is 0 Å². The standard InChI is InChI=1S/C15H29N/c1-15(2,3)13-6-4-12(5-7-13)10-11-16-14-8-9-14/h12-14,16H,4-11H2,1-3H3. The molecule has 0 aromatic heterocycles. The topological polar surface area (TPSA) is 12.0 Å². The van der Waals surface area contributed by atoms with E-state index < -0.39 is 0 Å². The second-order valence-corrected chi connectivity index (χ2v) is 7.10. The van der Waals surface area contributed by atoms with Crippen molar-refractivity contribution in [3.63, 3.8) is 0 Å². The minimum atomic E-state index is 0.539. The molecule has 0 aromatic rings. The molecule has 0 amide bonds. The highest BCUT2D eigenvalue weighted by Crippen LogP contribution is 2.40. The van der Waals surface area contributed by atoms with Crippen LogP contribution in [0.3, 0.4) is 0 Å². The van der Waals surface area contributed by atoms with Gasteiger partial charge in [-0.3, -0.25) is 0 Å². The van der Waals surface area contributed by atoms with Crippen LogP contribution in [0, 0.1) is 17.3 Å². The maximum absolute atomic E-state index is 3.65. The minimum Gasteiger partial charge on any atom is -0.314 e. The average Bonchev–Trinajstić information content (AvgIpc) is 3.01. The van der Waals surface area contributed by atoms with Gasteiger partial charge >= 0.3 is 0 Å². The second kappa shape index (κ2) is 5.08. The van der Waals surface area contributed by atoms with E-state index in [0.717, 1.165) is 17.9 Å². The van der Waals surface area contributed by atoms with Crippen LogP contribution >= 0.6 is 0 Å². The Balaban J connectivity index is 1.60. The lowest BCUT2D eigenvalue weighted by Crippen LogP contribution is -2.27. The lowest BCUT2D eigenvalue weighted by Gasteiger charge is -2.37. The van der Waals surface area contributed by atoms with Crippen molar-refractivity contribution in [2.45, 2.75) is 71.8 Å². The van der Waals surface area contributed by atoms with Crippen molar-refractivity contribution < 1.29 is 0 Å². The van der Waals surface area contributed by atoms with Gasteiger partial charge in [0.25, 0.3) is 0 Å². The summed E-state index contributed by atoms with van der Waals surface area (Å²) in [7, 11) is 0. The first-order valence-electron chi connectivity index (χ1n) is 7.29. The van der Waals surface area contributed by atoms with Gasteiger partial charge < -0.3 is 5.32 Å². The summed E-state index contributed by atoms with van der Waals surface area (Å²) < 4.78 is 0. The third-order valence-electron chi connectivity index (χ3n) is 4.63. The fourth-order valence-corrected chi connectivity index (χ4v) is 3.10. The van der Waals surface area contributed by atoms with Gasteiger partial charge in [-0.25, -0.2) is 0 Å². The van der Waals surface area contributed by atoms with E-state index in [4.69, 9.17) is 0 Å². The van der Waals surface area contributed by atoms with Crippen LogP contribution in [0.5, 0.6) is 0 Å². The molecular weight excluding hydrogens is 194 g/mol. The van der Waals surface area contributed by atoms with E-state index in [-0.39, 0.29) is 0 Å². The molecule has 94 valence electrons. The quantitative estimate of drug-likeness (QED) is 0.760. The van der Waals surface area contributed by atoms with E-state index in [1.807, 2.05) is 0 Å².